The molecule has 0 saturated carbocycles. The van der Waals surface area contributed by atoms with Crippen LogP contribution in [0.3, 0.4) is 0 Å². The van der Waals surface area contributed by atoms with Crippen molar-refractivity contribution in [3.05, 3.63) is 68.7 Å². The summed E-state index contributed by atoms with van der Waals surface area (Å²) in [5, 5.41) is 12.2. The van der Waals surface area contributed by atoms with Gasteiger partial charge in [0, 0.05) is 18.7 Å². The first-order valence-corrected chi connectivity index (χ1v) is 10.8. The number of hydrazine groups is 1. The molecule has 0 aliphatic carbocycles. The normalized spacial score (nSPS) is 10.4. The second-order valence-electron chi connectivity index (χ2n) is 6.83. The molecular weight excluding hydrogens is 464 g/mol. The second-order valence-corrected chi connectivity index (χ2v) is 7.83. The summed E-state index contributed by atoms with van der Waals surface area (Å²) in [6, 6.07) is 11.6. The summed E-state index contributed by atoms with van der Waals surface area (Å²) >= 11 is 1.16. The van der Waals surface area contributed by atoms with E-state index in [1.807, 2.05) is 30.3 Å². The van der Waals surface area contributed by atoms with Crippen molar-refractivity contribution in [1.29, 1.82) is 0 Å². The van der Waals surface area contributed by atoms with Gasteiger partial charge < -0.3 is 14.2 Å². The Morgan fingerprint density at radius 1 is 1.06 bits per heavy atom. The van der Waals surface area contributed by atoms with Gasteiger partial charge in [-0.25, -0.2) is 4.98 Å². The van der Waals surface area contributed by atoms with E-state index in [9.17, 15) is 19.7 Å². The summed E-state index contributed by atoms with van der Waals surface area (Å²) in [6.45, 7) is 2.07. The molecule has 12 heteroatoms. The molecule has 34 heavy (non-hydrogen) atoms. The van der Waals surface area contributed by atoms with Crippen LogP contribution in [0.5, 0.6) is 11.5 Å². The molecule has 0 unspecified atom stereocenters. The van der Waals surface area contributed by atoms with Crippen molar-refractivity contribution >= 4 is 28.8 Å². The molecule has 0 spiro atoms. The molecule has 0 saturated heterocycles. The van der Waals surface area contributed by atoms with Crippen molar-refractivity contribution in [2.75, 3.05) is 27.4 Å². The van der Waals surface area contributed by atoms with E-state index in [1.54, 1.807) is 6.92 Å². The fourth-order valence-electron chi connectivity index (χ4n) is 2.94. The summed E-state index contributed by atoms with van der Waals surface area (Å²) in [5.74, 6) is -1.29. The standard InChI is InChI=1S/C22H22N4O7S/c1-13-19(34-22(23-13)14-7-5-4-6-8-14)21(28)25-24-20(27)15-11-17(32-3)18(33-10-9-31-2)12-16(15)26(29)30/h4-8,11-12H,9-10H2,1-3H3,(H,24,27)(H,25,28). The molecule has 3 rings (SSSR count). The Morgan fingerprint density at radius 3 is 2.41 bits per heavy atom. The summed E-state index contributed by atoms with van der Waals surface area (Å²) in [7, 11) is 2.83. The number of hydrogen-bond acceptors (Lipinski definition) is 9. The molecule has 3 aromatic rings. The van der Waals surface area contributed by atoms with Crippen LogP contribution in [0.1, 0.15) is 25.7 Å². The Morgan fingerprint density at radius 2 is 1.76 bits per heavy atom. The predicted molar refractivity (Wildman–Crippen MR) is 124 cm³/mol. The molecule has 0 aliphatic heterocycles. The smallest absolute Gasteiger partial charge is 0.286 e. The lowest BCUT2D eigenvalue weighted by molar-refractivity contribution is -0.385. The number of aromatic nitrogens is 1. The van der Waals surface area contributed by atoms with E-state index >= 15 is 0 Å². The van der Waals surface area contributed by atoms with Gasteiger partial charge in [0.2, 0.25) is 0 Å². The summed E-state index contributed by atoms with van der Waals surface area (Å²) in [4.78, 5) is 40.9. The largest absolute Gasteiger partial charge is 0.493 e. The topological polar surface area (TPSA) is 142 Å². The van der Waals surface area contributed by atoms with Crippen LogP contribution in [-0.4, -0.2) is 49.2 Å². The third-order valence-electron chi connectivity index (χ3n) is 4.58. The predicted octanol–water partition coefficient (Wildman–Crippen LogP) is 3.14. The number of benzene rings is 2. The van der Waals surface area contributed by atoms with Gasteiger partial charge in [-0.2, -0.15) is 0 Å². The Hall–Kier alpha value is -4.03. The quantitative estimate of drug-likeness (QED) is 0.267. The van der Waals surface area contributed by atoms with Gasteiger partial charge in [-0.05, 0) is 6.92 Å². The van der Waals surface area contributed by atoms with E-state index < -0.39 is 22.4 Å². The molecule has 1 aromatic heterocycles. The van der Waals surface area contributed by atoms with Crippen LogP contribution in [0.25, 0.3) is 10.6 Å². The van der Waals surface area contributed by atoms with E-state index in [4.69, 9.17) is 14.2 Å². The number of amides is 2. The lowest BCUT2D eigenvalue weighted by atomic mass is 10.1. The molecule has 2 amide bonds. The van der Waals surface area contributed by atoms with Gasteiger partial charge in [0.15, 0.2) is 11.5 Å². The van der Waals surface area contributed by atoms with Crippen LogP contribution >= 0.6 is 11.3 Å². The van der Waals surface area contributed by atoms with Crippen LogP contribution < -0.4 is 20.3 Å². The Bertz CT molecular complexity index is 1200. The van der Waals surface area contributed by atoms with E-state index in [2.05, 4.69) is 15.8 Å². The zero-order valence-electron chi connectivity index (χ0n) is 18.6. The van der Waals surface area contributed by atoms with Crippen LogP contribution in [0, 0.1) is 17.0 Å². The highest BCUT2D eigenvalue weighted by molar-refractivity contribution is 7.17. The van der Waals surface area contributed by atoms with Crippen molar-refractivity contribution < 1.29 is 28.7 Å². The third kappa shape index (κ3) is 5.66. The van der Waals surface area contributed by atoms with Crippen molar-refractivity contribution in [2.24, 2.45) is 0 Å². The van der Waals surface area contributed by atoms with E-state index in [0.717, 1.165) is 23.0 Å². The number of thiazole rings is 1. The van der Waals surface area contributed by atoms with E-state index in [1.165, 1.54) is 20.3 Å². The Balaban J connectivity index is 1.77. The van der Waals surface area contributed by atoms with Crippen molar-refractivity contribution in [1.82, 2.24) is 15.8 Å². The Labute approximate surface area is 198 Å². The number of carbonyl (C=O) groups is 2. The maximum absolute atomic E-state index is 12.7. The molecule has 11 nitrogen and oxygen atoms in total. The van der Waals surface area contributed by atoms with Gasteiger partial charge in [-0.1, -0.05) is 30.3 Å². The highest BCUT2D eigenvalue weighted by Gasteiger charge is 2.26. The molecule has 2 aromatic carbocycles. The summed E-state index contributed by atoms with van der Waals surface area (Å²) in [6.07, 6.45) is 0. The molecule has 1 heterocycles. The van der Waals surface area contributed by atoms with Crippen LogP contribution in [0.2, 0.25) is 0 Å². The van der Waals surface area contributed by atoms with Crippen molar-refractivity contribution in [3.8, 4) is 22.1 Å². The molecule has 0 fully saturated rings. The van der Waals surface area contributed by atoms with Crippen molar-refractivity contribution in [3.63, 3.8) is 0 Å². The summed E-state index contributed by atoms with van der Waals surface area (Å²) < 4.78 is 15.5. The number of nitrogens with zero attached hydrogens (tertiary/aromatic N) is 2. The zero-order valence-corrected chi connectivity index (χ0v) is 19.4. The number of carbonyl (C=O) groups excluding carboxylic acids is 2. The first-order chi connectivity index (χ1) is 16.3. The third-order valence-corrected chi connectivity index (χ3v) is 5.79. The van der Waals surface area contributed by atoms with Gasteiger partial charge in [-0.3, -0.25) is 30.6 Å². The zero-order chi connectivity index (χ0) is 24.7. The first-order valence-electron chi connectivity index (χ1n) is 9.97. The molecule has 0 bridgehead atoms. The van der Waals surface area contributed by atoms with Gasteiger partial charge in [0.1, 0.15) is 22.1 Å². The number of hydrogen-bond donors (Lipinski definition) is 2. The maximum atomic E-state index is 12.7. The lowest BCUT2D eigenvalue weighted by Gasteiger charge is -2.13. The maximum Gasteiger partial charge on any atom is 0.286 e. The highest BCUT2D eigenvalue weighted by atomic mass is 32.1. The van der Waals surface area contributed by atoms with Crippen LogP contribution in [0.4, 0.5) is 5.69 Å². The van der Waals surface area contributed by atoms with Crippen LogP contribution in [-0.2, 0) is 4.74 Å². The number of nitro groups is 1. The monoisotopic (exact) mass is 486 g/mol. The molecule has 0 aliphatic rings. The minimum absolute atomic E-state index is 0.0839. The molecule has 178 valence electrons. The van der Waals surface area contributed by atoms with Gasteiger partial charge in [-0.15, -0.1) is 11.3 Å². The Kier molecular flexibility index (Phi) is 8.11. The van der Waals surface area contributed by atoms with Gasteiger partial charge in [0.05, 0.1) is 30.4 Å². The van der Waals surface area contributed by atoms with Gasteiger partial charge in [0.25, 0.3) is 17.5 Å². The lowest BCUT2D eigenvalue weighted by Crippen LogP contribution is -2.41. The number of rotatable bonds is 9. The van der Waals surface area contributed by atoms with E-state index in [0.29, 0.717) is 15.6 Å². The number of ether oxygens (including phenoxy) is 3. The average Bonchev–Trinajstić information content (AvgIpc) is 3.24. The highest BCUT2D eigenvalue weighted by Crippen LogP contribution is 2.35. The number of nitro benzene ring substituents is 1. The fourth-order valence-corrected chi connectivity index (χ4v) is 3.91. The molecule has 0 atom stereocenters. The minimum Gasteiger partial charge on any atom is -0.493 e. The number of nitrogens with one attached hydrogen (secondary N) is 2. The summed E-state index contributed by atoms with van der Waals surface area (Å²) in [5.41, 5.74) is 5.01. The fraction of sp³-hybridized carbons (Fsp3) is 0.227. The van der Waals surface area contributed by atoms with Crippen LogP contribution in [0.15, 0.2) is 42.5 Å². The molecular formula is C22H22N4O7S. The first kappa shape index (κ1) is 24.6. The number of aryl methyl sites for hydroxylation is 1. The molecule has 2 N–H and O–H groups in total. The number of methoxy groups -OCH3 is 2. The SMILES string of the molecule is COCCOc1cc([N+](=O)[O-])c(C(=O)NNC(=O)c2sc(-c3ccccc3)nc2C)cc1OC. The van der Waals surface area contributed by atoms with Gasteiger partial charge >= 0.3 is 0 Å². The molecule has 0 radical (unpaired) electrons. The second kappa shape index (κ2) is 11.2. The minimum atomic E-state index is -0.896. The average molecular weight is 487 g/mol. The van der Waals surface area contributed by atoms with E-state index in [-0.39, 0.29) is 30.3 Å². The van der Waals surface area contributed by atoms with Crippen molar-refractivity contribution in [2.45, 2.75) is 6.92 Å².